The molecule has 0 N–H and O–H groups in total. The molecule has 6 nitrogen and oxygen atoms in total. The standard InChI is InChI=1S/C6H10N4O2/c1-3-5(6(11)12-2)10-8-4-7-9-10/h4-5H,3H2,1-2H3. The van der Waals surface area contributed by atoms with Gasteiger partial charge in [0.2, 0.25) is 0 Å². The number of hydrogen-bond donors (Lipinski definition) is 0. The fraction of sp³-hybridized carbons (Fsp3) is 0.667. The van der Waals surface area contributed by atoms with Crippen LogP contribution in [-0.2, 0) is 9.53 Å². The molecule has 1 aromatic rings. The Bertz CT molecular complexity index is 246. The maximum Gasteiger partial charge on any atom is 0.332 e. The summed E-state index contributed by atoms with van der Waals surface area (Å²) >= 11 is 0. The highest BCUT2D eigenvalue weighted by molar-refractivity contribution is 5.73. The van der Waals surface area contributed by atoms with Crippen LogP contribution < -0.4 is 0 Å². The molecule has 0 aliphatic heterocycles. The molecule has 0 aliphatic carbocycles. The Kier molecular flexibility index (Phi) is 2.73. The van der Waals surface area contributed by atoms with Crippen LogP contribution in [0.5, 0.6) is 0 Å². The molecule has 0 saturated carbocycles. The number of carbonyl (C=O) groups excluding carboxylic acids is 1. The number of nitrogens with zero attached hydrogens (tertiary/aromatic N) is 4. The Morgan fingerprint density at radius 1 is 1.75 bits per heavy atom. The van der Waals surface area contributed by atoms with E-state index in [0.717, 1.165) is 0 Å². The lowest BCUT2D eigenvalue weighted by atomic mass is 10.2. The lowest BCUT2D eigenvalue weighted by molar-refractivity contribution is -0.145. The lowest BCUT2D eigenvalue weighted by Gasteiger charge is -2.09. The van der Waals surface area contributed by atoms with Crippen molar-refractivity contribution >= 4 is 5.97 Å². The van der Waals surface area contributed by atoms with Gasteiger partial charge in [-0.15, -0.1) is 15.0 Å². The van der Waals surface area contributed by atoms with Gasteiger partial charge in [-0.3, -0.25) is 0 Å². The Balaban J connectivity index is 2.76. The molecule has 6 heteroatoms. The van der Waals surface area contributed by atoms with Gasteiger partial charge in [-0.1, -0.05) is 6.92 Å². The zero-order valence-corrected chi connectivity index (χ0v) is 6.97. The number of aromatic nitrogens is 4. The number of rotatable bonds is 3. The Morgan fingerprint density at radius 3 is 2.92 bits per heavy atom. The molecule has 0 radical (unpaired) electrons. The minimum absolute atomic E-state index is 0.351. The van der Waals surface area contributed by atoms with Gasteiger partial charge in [-0.05, 0) is 11.6 Å². The highest BCUT2D eigenvalue weighted by Crippen LogP contribution is 2.08. The summed E-state index contributed by atoms with van der Waals surface area (Å²) in [5.74, 6) is -0.351. The molecule has 0 fully saturated rings. The van der Waals surface area contributed by atoms with Gasteiger partial charge in [-0.25, -0.2) is 4.79 Å². The first kappa shape index (κ1) is 8.63. The predicted molar refractivity (Wildman–Crippen MR) is 39.2 cm³/mol. The first-order chi connectivity index (χ1) is 5.79. The molecule has 0 aliphatic rings. The van der Waals surface area contributed by atoms with Crippen LogP contribution in [0.15, 0.2) is 6.33 Å². The third-order valence-corrected chi connectivity index (χ3v) is 1.50. The van der Waals surface area contributed by atoms with Crippen LogP contribution >= 0.6 is 0 Å². The zero-order valence-electron chi connectivity index (χ0n) is 6.97. The molecule has 0 bridgehead atoms. The predicted octanol–water partition coefficient (Wildman–Crippen LogP) is -0.203. The van der Waals surface area contributed by atoms with E-state index in [0.29, 0.717) is 6.42 Å². The third-order valence-electron chi connectivity index (χ3n) is 1.50. The molecular formula is C6H10N4O2. The van der Waals surface area contributed by atoms with Gasteiger partial charge in [0.25, 0.3) is 0 Å². The third kappa shape index (κ3) is 1.58. The largest absolute Gasteiger partial charge is 0.467 e. The summed E-state index contributed by atoms with van der Waals surface area (Å²) in [7, 11) is 1.34. The number of carbonyl (C=O) groups is 1. The van der Waals surface area contributed by atoms with E-state index >= 15 is 0 Å². The van der Waals surface area contributed by atoms with Crippen LogP contribution in [0.4, 0.5) is 0 Å². The molecule has 0 amide bonds. The minimum Gasteiger partial charge on any atom is -0.467 e. The van der Waals surface area contributed by atoms with Gasteiger partial charge in [0.15, 0.2) is 12.4 Å². The highest BCUT2D eigenvalue weighted by atomic mass is 16.5. The first-order valence-electron chi connectivity index (χ1n) is 3.60. The van der Waals surface area contributed by atoms with E-state index in [2.05, 4.69) is 20.1 Å². The maximum absolute atomic E-state index is 11.1. The van der Waals surface area contributed by atoms with Crippen LogP contribution in [0, 0.1) is 0 Å². The maximum atomic E-state index is 11.1. The Hall–Kier alpha value is -1.46. The summed E-state index contributed by atoms with van der Waals surface area (Å²) in [6, 6.07) is -0.461. The molecule has 0 saturated heterocycles. The summed E-state index contributed by atoms with van der Waals surface area (Å²) in [6.07, 6.45) is 1.87. The highest BCUT2D eigenvalue weighted by Gasteiger charge is 2.20. The van der Waals surface area contributed by atoms with Crippen molar-refractivity contribution in [1.29, 1.82) is 0 Å². The van der Waals surface area contributed by atoms with Gasteiger partial charge < -0.3 is 4.74 Å². The second kappa shape index (κ2) is 3.80. The van der Waals surface area contributed by atoms with E-state index < -0.39 is 6.04 Å². The van der Waals surface area contributed by atoms with Crippen molar-refractivity contribution in [2.24, 2.45) is 0 Å². The lowest BCUT2D eigenvalue weighted by Crippen LogP contribution is -2.22. The van der Waals surface area contributed by atoms with Crippen molar-refractivity contribution in [3.8, 4) is 0 Å². The molecular weight excluding hydrogens is 160 g/mol. The van der Waals surface area contributed by atoms with E-state index in [1.807, 2.05) is 6.92 Å². The van der Waals surface area contributed by atoms with Crippen molar-refractivity contribution in [3.05, 3.63) is 6.33 Å². The summed E-state index contributed by atoms with van der Waals surface area (Å²) in [4.78, 5) is 12.3. The van der Waals surface area contributed by atoms with E-state index in [9.17, 15) is 4.79 Å². The molecule has 1 heterocycles. The number of esters is 1. The number of tetrazole rings is 1. The van der Waals surface area contributed by atoms with Crippen LogP contribution in [-0.4, -0.2) is 33.3 Å². The van der Waals surface area contributed by atoms with Crippen LogP contribution in [0.2, 0.25) is 0 Å². The molecule has 1 atom stereocenters. The van der Waals surface area contributed by atoms with Crippen LogP contribution in [0.25, 0.3) is 0 Å². The number of ether oxygens (including phenoxy) is 1. The second-order valence-corrected chi connectivity index (χ2v) is 2.20. The Morgan fingerprint density at radius 2 is 2.50 bits per heavy atom. The van der Waals surface area contributed by atoms with Gasteiger partial charge in [0.1, 0.15) is 0 Å². The summed E-state index contributed by atoms with van der Waals surface area (Å²) < 4.78 is 4.56. The summed E-state index contributed by atoms with van der Waals surface area (Å²) in [5.41, 5.74) is 0. The SMILES string of the molecule is CCC(C(=O)OC)n1ncnn1. The van der Waals surface area contributed by atoms with E-state index in [4.69, 9.17) is 0 Å². The van der Waals surface area contributed by atoms with Crippen molar-refractivity contribution < 1.29 is 9.53 Å². The van der Waals surface area contributed by atoms with Gasteiger partial charge in [-0.2, -0.15) is 0 Å². The van der Waals surface area contributed by atoms with Crippen LogP contribution in [0.1, 0.15) is 19.4 Å². The number of methoxy groups -OCH3 is 1. The Labute approximate surface area is 69.5 Å². The normalized spacial score (nSPS) is 12.5. The van der Waals surface area contributed by atoms with E-state index in [1.54, 1.807) is 0 Å². The van der Waals surface area contributed by atoms with Gasteiger partial charge in [0, 0.05) is 0 Å². The molecule has 1 aromatic heterocycles. The minimum atomic E-state index is -0.461. The van der Waals surface area contributed by atoms with E-state index in [1.165, 1.54) is 18.2 Å². The molecule has 0 aromatic carbocycles. The molecule has 1 unspecified atom stereocenters. The average molecular weight is 170 g/mol. The van der Waals surface area contributed by atoms with Gasteiger partial charge in [0.05, 0.1) is 7.11 Å². The molecule has 1 rings (SSSR count). The second-order valence-electron chi connectivity index (χ2n) is 2.20. The fourth-order valence-electron chi connectivity index (χ4n) is 0.878. The van der Waals surface area contributed by atoms with Crippen molar-refractivity contribution in [2.45, 2.75) is 19.4 Å². The topological polar surface area (TPSA) is 69.9 Å². The summed E-state index contributed by atoms with van der Waals surface area (Å²) in [5, 5.41) is 10.9. The van der Waals surface area contributed by atoms with Crippen LogP contribution in [0.3, 0.4) is 0 Å². The van der Waals surface area contributed by atoms with Gasteiger partial charge >= 0.3 is 5.97 Å². The van der Waals surface area contributed by atoms with E-state index in [-0.39, 0.29) is 5.97 Å². The van der Waals surface area contributed by atoms with Crippen molar-refractivity contribution in [2.75, 3.05) is 7.11 Å². The molecule has 12 heavy (non-hydrogen) atoms. The van der Waals surface area contributed by atoms with Crippen molar-refractivity contribution in [1.82, 2.24) is 20.2 Å². The monoisotopic (exact) mass is 170 g/mol. The average Bonchev–Trinajstić information content (AvgIpc) is 2.58. The first-order valence-corrected chi connectivity index (χ1v) is 3.60. The zero-order chi connectivity index (χ0) is 8.97. The quantitative estimate of drug-likeness (QED) is 0.587. The van der Waals surface area contributed by atoms with Crippen molar-refractivity contribution in [3.63, 3.8) is 0 Å². The molecule has 66 valence electrons. The fourth-order valence-corrected chi connectivity index (χ4v) is 0.878. The number of hydrogen-bond acceptors (Lipinski definition) is 5. The summed E-state index contributed by atoms with van der Waals surface area (Å²) in [6.45, 7) is 1.85. The molecule has 0 spiro atoms. The smallest absolute Gasteiger partial charge is 0.332 e.